The lowest BCUT2D eigenvalue weighted by Gasteiger charge is -2.42. The average molecular weight is 313 g/mol. The van der Waals surface area contributed by atoms with E-state index in [9.17, 15) is 0 Å². The fourth-order valence-corrected chi connectivity index (χ4v) is 4.06. The van der Waals surface area contributed by atoms with Gasteiger partial charge in [-0.2, -0.15) is 0 Å². The number of unbranched alkanes of at least 4 members (excludes halogenated alkanes) is 2. The lowest BCUT2D eigenvalue weighted by molar-refractivity contribution is 0.137. The Balaban J connectivity index is 2.50. The molecule has 1 aliphatic rings. The monoisotopic (exact) mass is 312 g/mol. The number of hydrogen-bond acceptors (Lipinski definition) is 1. The van der Waals surface area contributed by atoms with Crippen LogP contribution in [0.1, 0.15) is 79.1 Å². The summed E-state index contributed by atoms with van der Waals surface area (Å²) >= 11 is 5.52. The van der Waals surface area contributed by atoms with Gasteiger partial charge in [-0.1, -0.05) is 59.8 Å². The van der Waals surface area contributed by atoms with E-state index < -0.39 is 0 Å². The molecule has 124 valence electrons. The van der Waals surface area contributed by atoms with E-state index in [1.54, 1.807) is 0 Å². The quantitative estimate of drug-likeness (QED) is 0.493. The van der Waals surface area contributed by atoms with Crippen molar-refractivity contribution in [1.29, 1.82) is 0 Å². The molecule has 1 fully saturated rings. The second-order valence-electron chi connectivity index (χ2n) is 6.72. The minimum absolute atomic E-state index is 0.578. The van der Waals surface area contributed by atoms with Crippen molar-refractivity contribution < 1.29 is 0 Å². The fraction of sp³-hybridized carbons (Fsp3) is 0.944. The minimum Gasteiger partial charge on any atom is -0.363 e. The third-order valence-corrected chi connectivity index (χ3v) is 5.54. The van der Waals surface area contributed by atoms with E-state index in [-0.39, 0.29) is 0 Å². The zero-order chi connectivity index (χ0) is 15.7. The molecule has 2 unspecified atom stereocenters. The van der Waals surface area contributed by atoms with Crippen molar-refractivity contribution in [3.8, 4) is 0 Å². The van der Waals surface area contributed by atoms with Gasteiger partial charge in [-0.15, -0.1) is 0 Å². The number of hydrogen-bond donors (Lipinski definition) is 2. The Morgan fingerprint density at radius 3 is 2.05 bits per heavy atom. The van der Waals surface area contributed by atoms with Gasteiger partial charge in [0.25, 0.3) is 0 Å². The van der Waals surface area contributed by atoms with Crippen molar-refractivity contribution in [1.82, 2.24) is 10.6 Å². The lowest BCUT2D eigenvalue weighted by Crippen LogP contribution is -2.51. The van der Waals surface area contributed by atoms with Gasteiger partial charge in [-0.3, -0.25) is 0 Å². The average Bonchev–Trinajstić information content (AvgIpc) is 2.51. The summed E-state index contributed by atoms with van der Waals surface area (Å²) in [6, 6.07) is 0.578. The maximum Gasteiger partial charge on any atom is 0.166 e. The van der Waals surface area contributed by atoms with Gasteiger partial charge in [0.2, 0.25) is 0 Å². The Labute approximate surface area is 137 Å². The molecule has 0 radical (unpaired) electrons. The van der Waals surface area contributed by atoms with Gasteiger partial charge < -0.3 is 10.6 Å². The lowest BCUT2D eigenvalue weighted by atomic mass is 9.69. The molecule has 1 rings (SSSR count). The molecule has 1 aliphatic carbocycles. The first-order chi connectivity index (χ1) is 10.2. The molecule has 2 atom stereocenters. The maximum absolute atomic E-state index is 5.52. The third kappa shape index (κ3) is 6.14. The summed E-state index contributed by atoms with van der Waals surface area (Å²) in [4.78, 5) is 0. The second-order valence-corrected chi connectivity index (χ2v) is 7.12. The van der Waals surface area contributed by atoms with Gasteiger partial charge >= 0.3 is 0 Å². The summed E-state index contributed by atoms with van der Waals surface area (Å²) in [6.45, 7) is 10.3. The van der Waals surface area contributed by atoms with Crippen LogP contribution in [0.25, 0.3) is 0 Å². The Morgan fingerprint density at radius 2 is 1.57 bits per heavy atom. The highest BCUT2D eigenvalue weighted by Gasteiger charge is 2.35. The summed E-state index contributed by atoms with van der Waals surface area (Å²) in [7, 11) is 0. The Kier molecular flexibility index (Phi) is 9.30. The van der Waals surface area contributed by atoms with Gasteiger partial charge in [0.1, 0.15) is 0 Å². The van der Waals surface area contributed by atoms with Crippen molar-refractivity contribution in [2.45, 2.75) is 85.1 Å². The van der Waals surface area contributed by atoms with E-state index in [0.29, 0.717) is 6.04 Å². The van der Waals surface area contributed by atoms with Crippen molar-refractivity contribution in [2.24, 2.45) is 17.8 Å². The predicted molar refractivity (Wildman–Crippen MR) is 97.6 cm³/mol. The van der Waals surface area contributed by atoms with E-state index in [1.807, 2.05) is 0 Å². The van der Waals surface area contributed by atoms with Crippen LogP contribution in [0.4, 0.5) is 0 Å². The Bertz CT molecular complexity index is 279. The first-order valence-electron chi connectivity index (χ1n) is 9.20. The predicted octanol–water partition coefficient (Wildman–Crippen LogP) is 4.88. The largest absolute Gasteiger partial charge is 0.363 e. The van der Waals surface area contributed by atoms with Crippen LogP contribution < -0.4 is 10.6 Å². The summed E-state index contributed by atoms with van der Waals surface area (Å²) < 4.78 is 0. The Hall–Kier alpha value is -0.310. The number of rotatable bonds is 8. The molecule has 1 saturated carbocycles. The summed E-state index contributed by atoms with van der Waals surface area (Å²) in [5, 5.41) is 7.94. The van der Waals surface area contributed by atoms with Crippen LogP contribution in [0.2, 0.25) is 0 Å². The van der Waals surface area contributed by atoms with E-state index >= 15 is 0 Å². The second kappa shape index (κ2) is 10.4. The minimum atomic E-state index is 0.578. The van der Waals surface area contributed by atoms with Crippen molar-refractivity contribution in [3.05, 3.63) is 0 Å². The number of nitrogens with one attached hydrogen (secondary N) is 2. The first-order valence-corrected chi connectivity index (χ1v) is 9.61. The molecular formula is C18H36N2S. The molecule has 21 heavy (non-hydrogen) atoms. The molecule has 2 nitrogen and oxygen atoms in total. The molecular weight excluding hydrogens is 276 g/mol. The van der Waals surface area contributed by atoms with Crippen LogP contribution >= 0.6 is 12.2 Å². The SMILES string of the molecule is CCCCCNC(=S)NC1C(CC)CC(CC)CC1CC. The first kappa shape index (κ1) is 18.7. The van der Waals surface area contributed by atoms with Crippen molar-refractivity contribution in [3.63, 3.8) is 0 Å². The standard InChI is InChI=1S/C18H36N2S/c1-5-9-10-11-19-18(21)20-17-15(7-3)12-14(6-2)13-16(17)8-4/h14-17H,5-13H2,1-4H3,(H2,19,20,21). The summed E-state index contributed by atoms with van der Waals surface area (Å²) in [5.41, 5.74) is 0. The topological polar surface area (TPSA) is 24.1 Å². The van der Waals surface area contributed by atoms with Crippen LogP contribution in [-0.2, 0) is 0 Å². The maximum atomic E-state index is 5.52. The van der Waals surface area contributed by atoms with Crippen molar-refractivity contribution in [2.75, 3.05) is 6.54 Å². The van der Waals surface area contributed by atoms with Crippen LogP contribution in [0.15, 0.2) is 0 Å². The zero-order valence-corrected chi connectivity index (χ0v) is 15.4. The molecule has 0 aromatic rings. The molecule has 0 aliphatic heterocycles. The molecule has 0 bridgehead atoms. The van der Waals surface area contributed by atoms with Crippen LogP contribution in [0, 0.1) is 17.8 Å². The molecule has 2 N–H and O–H groups in total. The molecule has 0 amide bonds. The summed E-state index contributed by atoms with van der Waals surface area (Å²) in [5.74, 6) is 2.48. The van der Waals surface area contributed by atoms with Gasteiger partial charge in [-0.25, -0.2) is 0 Å². The molecule has 0 aromatic carbocycles. The molecule has 3 heteroatoms. The molecule has 0 spiro atoms. The van der Waals surface area contributed by atoms with E-state index in [4.69, 9.17) is 12.2 Å². The van der Waals surface area contributed by atoms with Crippen molar-refractivity contribution >= 4 is 17.3 Å². The molecule has 0 saturated heterocycles. The highest BCUT2D eigenvalue weighted by Crippen LogP contribution is 2.38. The van der Waals surface area contributed by atoms with Gasteiger partial charge in [-0.05, 0) is 49.2 Å². The van der Waals surface area contributed by atoms with E-state index in [2.05, 4.69) is 38.3 Å². The summed E-state index contributed by atoms with van der Waals surface area (Å²) in [6.07, 6.45) is 10.4. The fourth-order valence-electron chi connectivity index (χ4n) is 3.82. The normalized spacial score (nSPS) is 29.1. The third-order valence-electron chi connectivity index (χ3n) is 5.28. The highest BCUT2D eigenvalue weighted by atomic mass is 32.1. The van der Waals surface area contributed by atoms with Gasteiger partial charge in [0, 0.05) is 12.6 Å². The van der Waals surface area contributed by atoms with Crippen LogP contribution in [-0.4, -0.2) is 17.7 Å². The van der Waals surface area contributed by atoms with E-state index in [1.165, 1.54) is 51.4 Å². The Morgan fingerprint density at radius 1 is 0.952 bits per heavy atom. The van der Waals surface area contributed by atoms with E-state index in [0.717, 1.165) is 29.4 Å². The van der Waals surface area contributed by atoms with Crippen LogP contribution in [0.5, 0.6) is 0 Å². The molecule has 0 heterocycles. The van der Waals surface area contributed by atoms with Gasteiger partial charge in [0.05, 0.1) is 0 Å². The van der Waals surface area contributed by atoms with Gasteiger partial charge in [0.15, 0.2) is 5.11 Å². The smallest absolute Gasteiger partial charge is 0.166 e. The van der Waals surface area contributed by atoms with Crippen LogP contribution in [0.3, 0.4) is 0 Å². The number of thiocarbonyl (C=S) groups is 1. The highest BCUT2D eigenvalue weighted by molar-refractivity contribution is 7.80. The zero-order valence-electron chi connectivity index (χ0n) is 14.6. The molecule has 0 aromatic heterocycles.